The molecule has 0 saturated heterocycles. The van der Waals surface area contributed by atoms with Crippen molar-refractivity contribution in [2.75, 3.05) is 0 Å². The van der Waals surface area contributed by atoms with E-state index in [2.05, 4.69) is 20.9 Å². The maximum atomic E-state index is 4.15. The quantitative estimate of drug-likeness (QED) is 0.676. The molecule has 0 saturated carbocycles. The van der Waals surface area contributed by atoms with Gasteiger partial charge in [-0.15, -0.1) is 0 Å². The number of hydrogen-bond donors (Lipinski definition) is 0. The first-order chi connectivity index (χ1) is 4.84. The van der Waals surface area contributed by atoms with E-state index in [1.54, 1.807) is 6.20 Å². The third-order valence-corrected chi connectivity index (χ3v) is 1.92. The minimum Gasteiger partial charge on any atom is -0.257 e. The van der Waals surface area contributed by atoms with Crippen LogP contribution in [-0.2, 0) is 0 Å². The fourth-order valence-electron chi connectivity index (χ4n) is 0.652. The summed E-state index contributed by atoms with van der Waals surface area (Å²) in [5, 5.41) is 0. The average Bonchev–Trinajstić information content (AvgIpc) is 2.05. The van der Waals surface area contributed by atoms with Crippen LogP contribution in [0.15, 0.2) is 29.4 Å². The summed E-state index contributed by atoms with van der Waals surface area (Å²) in [4.78, 5) is 6.02. The second-order valence-electron chi connectivity index (χ2n) is 2.01. The lowest BCUT2D eigenvalue weighted by Gasteiger charge is -1.95. The Kier molecular flexibility index (Phi) is 2.63. The van der Waals surface area contributed by atoms with Crippen LogP contribution in [0.3, 0.4) is 0 Å². The lowest BCUT2D eigenvalue weighted by Crippen LogP contribution is -1.81. The van der Waals surface area contributed by atoms with Crippen molar-refractivity contribution in [2.24, 2.45) is 0 Å². The van der Waals surface area contributed by atoms with Gasteiger partial charge in [0.25, 0.3) is 0 Å². The van der Waals surface area contributed by atoms with Crippen molar-refractivity contribution in [3.05, 3.63) is 35.1 Å². The second-order valence-corrected chi connectivity index (χ2v) is 2.46. The number of hydrogen-bond acceptors (Lipinski definition) is 1. The molecule has 1 rings (SSSR count). The highest BCUT2D eigenvalue weighted by Crippen LogP contribution is 2.10. The Hall–Kier alpha value is -0.630. The van der Waals surface area contributed by atoms with Gasteiger partial charge >= 0.3 is 0 Å². The molecule has 1 aromatic rings. The first-order valence-electron chi connectivity index (χ1n) is 3.03. The zero-order chi connectivity index (χ0) is 7.40. The Bertz CT molecular complexity index is 228. The van der Waals surface area contributed by atoms with E-state index in [1.165, 1.54) is 0 Å². The third-order valence-electron chi connectivity index (χ3n) is 1.23. The van der Waals surface area contributed by atoms with Crippen molar-refractivity contribution in [1.82, 2.24) is 4.98 Å². The Labute approximate surface area is 68.9 Å². The van der Waals surface area contributed by atoms with Crippen LogP contribution in [-0.4, -0.2) is 4.98 Å². The number of aromatic nitrogens is 1. The lowest BCUT2D eigenvalue weighted by atomic mass is 10.2. The minimum absolute atomic E-state index is 1.01. The molecule has 0 spiro atoms. The number of nitrogens with zero attached hydrogens (tertiary/aromatic N) is 1. The van der Waals surface area contributed by atoms with Crippen LogP contribution in [0.4, 0.5) is 0 Å². The molecule has 0 amide bonds. The third kappa shape index (κ3) is 1.67. The predicted molar refractivity (Wildman–Crippen MR) is 46.8 cm³/mol. The van der Waals surface area contributed by atoms with E-state index >= 15 is 0 Å². The number of halogens is 1. The molecule has 0 aromatic carbocycles. The molecule has 0 unspecified atom stereocenters. The molecule has 0 radical (unpaired) electrons. The summed E-state index contributed by atoms with van der Waals surface area (Å²) < 4.78 is 0. The van der Waals surface area contributed by atoms with Gasteiger partial charge in [0.2, 0.25) is 0 Å². The fourth-order valence-corrected chi connectivity index (χ4v) is 0.886. The van der Waals surface area contributed by atoms with E-state index in [9.17, 15) is 0 Å². The Balaban J connectivity index is 2.96. The summed E-state index contributed by atoms with van der Waals surface area (Å²) in [7, 11) is 0. The van der Waals surface area contributed by atoms with E-state index < -0.39 is 0 Å². The maximum absolute atomic E-state index is 4.15. The molecule has 1 nitrogen and oxygen atoms in total. The van der Waals surface area contributed by atoms with E-state index in [1.807, 2.05) is 30.1 Å². The summed E-state index contributed by atoms with van der Waals surface area (Å²) >= 11 is 3.25. The highest BCUT2D eigenvalue weighted by Gasteiger charge is 1.91. The van der Waals surface area contributed by atoms with Crippen LogP contribution in [0, 0.1) is 0 Å². The fraction of sp³-hybridized carbons (Fsp3) is 0.125. The van der Waals surface area contributed by atoms with E-state index in [0.29, 0.717) is 0 Å². The topological polar surface area (TPSA) is 12.9 Å². The Morgan fingerprint density at radius 2 is 2.40 bits per heavy atom. The summed E-state index contributed by atoms with van der Waals surface area (Å²) in [6.07, 6.45) is 1.79. The van der Waals surface area contributed by atoms with Gasteiger partial charge in [0.1, 0.15) is 0 Å². The second kappa shape index (κ2) is 3.52. The summed E-state index contributed by atoms with van der Waals surface area (Å²) in [6, 6.07) is 5.86. The molecule has 2 heteroatoms. The number of allylic oxidation sites excluding steroid dienone is 1. The van der Waals surface area contributed by atoms with Crippen molar-refractivity contribution >= 4 is 21.5 Å². The average molecular weight is 198 g/mol. The largest absolute Gasteiger partial charge is 0.257 e. The monoisotopic (exact) mass is 197 g/mol. The van der Waals surface area contributed by atoms with Crippen LogP contribution in [0.5, 0.6) is 0 Å². The van der Waals surface area contributed by atoms with Gasteiger partial charge in [0.15, 0.2) is 0 Å². The van der Waals surface area contributed by atoms with Crippen molar-refractivity contribution < 1.29 is 0 Å². The first kappa shape index (κ1) is 7.48. The van der Waals surface area contributed by atoms with E-state index in [-0.39, 0.29) is 0 Å². The summed E-state index contributed by atoms with van der Waals surface area (Å²) in [5.74, 6) is 0. The maximum Gasteiger partial charge on any atom is 0.0663 e. The van der Waals surface area contributed by atoms with Gasteiger partial charge in [-0.3, -0.25) is 4.98 Å². The smallest absolute Gasteiger partial charge is 0.0663 e. The number of rotatable bonds is 1. The van der Waals surface area contributed by atoms with Crippen LogP contribution < -0.4 is 0 Å². The molecule has 0 atom stereocenters. The molecule has 1 aromatic heterocycles. The molecule has 52 valence electrons. The van der Waals surface area contributed by atoms with E-state index in [4.69, 9.17) is 0 Å². The Morgan fingerprint density at radius 1 is 1.60 bits per heavy atom. The highest BCUT2D eigenvalue weighted by molar-refractivity contribution is 9.11. The zero-order valence-corrected chi connectivity index (χ0v) is 7.30. The molecule has 0 aliphatic heterocycles. The molecule has 0 bridgehead atoms. The van der Waals surface area contributed by atoms with Gasteiger partial charge in [-0.05, 0) is 29.6 Å². The molecular formula is C8H8BrN. The number of pyridine rings is 1. The lowest BCUT2D eigenvalue weighted by molar-refractivity contribution is 1.27. The molecule has 0 N–H and O–H groups in total. The van der Waals surface area contributed by atoms with Gasteiger partial charge in [-0.1, -0.05) is 22.0 Å². The molecule has 0 fully saturated rings. The van der Waals surface area contributed by atoms with Gasteiger partial charge in [0, 0.05) is 6.20 Å². The predicted octanol–water partition coefficient (Wildman–Crippen LogP) is 2.84. The van der Waals surface area contributed by atoms with Crippen molar-refractivity contribution in [2.45, 2.75) is 6.92 Å². The highest BCUT2D eigenvalue weighted by atomic mass is 79.9. The van der Waals surface area contributed by atoms with Gasteiger partial charge in [-0.2, -0.15) is 0 Å². The standard InChI is InChI=1S/C8H8BrN/c1-7(6-9)8-4-2-3-5-10-8/h2-6H,1H3/b7-6+. The van der Waals surface area contributed by atoms with Crippen LogP contribution in [0.2, 0.25) is 0 Å². The van der Waals surface area contributed by atoms with Crippen LogP contribution >= 0.6 is 15.9 Å². The van der Waals surface area contributed by atoms with Gasteiger partial charge in [-0.25, -0.2) is 0 Å². The van der Waals surface area contributed by atoms with Crippen molar-refractivity contribution in [3.8, 4) is 0 Å². The minimum atomic E-state index is 1.01. The van der Waals surface area contributed by atoms with Gasteiger partial charge < -0.3 is 0 Å². The van der Waals surface area contributed by atoms with Crippen LogP contribution in [0.1, 0.15) is 12.6 Å². The molecule has 10 heavy (non-hydrogen) atoms. The Morgan fingerprint density at radius 3 is 2.90 bits per heavy atom. The first-order valence-corrected chi connectivity index (χ1v) is 3.94. The SMILES string of the molecule is C/C(=C\Br)c1ccccn1. The normalized spacial score (nSPS) is 11.6. The van der Waals surface area contributed by atoms with Crippen molar-refractivity contribution in [1.29, 1.82) is 0 Å². The molecular weight excluding hydrogens is 190 g/mol. The zero-order valence-electron chi connectivity index (χ0n) is 5.71. The van der Waals surface area contributed by atoms with E-state index in [0.717, 1.165) is 11.3 Å². The molecule has 0 aliphatic rings. The molecule has 0 aliphatic carbocycles. The summed E-state index contributed by atoms with van der Waals surface area (Å²) in [5.41, 5.74) is 2.15. The van der Waals surface area contributed by atoms with Crippen molar-refractivity contribution in [3.63, 3.8) is 0 Å². The summed E-state index contributed by atoms with van der Waals surface area (Å²) in [6.45, 7) is 2.01. The molecule has 1 heterocycles. The van der Waals surface area contributed by atoms with Gasteiger partial charge in [0.05, 0.1) is 5.69 Å². The van der Waals surface area contributed by atoms with Crippen LogP contribution in [0.25, 0.3) is 5.57 Å².